The lowest BCUT2D eigenvalue weighted by Crippen LogP contribution is -2.64. The molecule has 0 radical (unpaired) electrons. The molecule has 21 atom stereocenters. The molecule has 3 aliphatic rings. The molecular weight excluding hydrogens is 1680 g/mol. The summed E-state index contributed by atoms with van der Waals surface area (Å²) in [6, 6.07) is -3.86. The molecule has 0 aliphatic carbocycles. The van der Waals surface area contributed by atoms with Crippen molar-refractivity contribution in [2.45, 2.75) is 185 Å². The van der Waals surface area contributed by atoms with E-state index in [2.05, 4.69) is 16.0 Å². The summed E-state index contributed by atoms with van der Waals surface area (Å²) in [5.41, 5.74) is -1.21. The fraction of sp³-hybridized carbons (Fsp3) is 0.950. The predicted molar refractivity (Wildman–Crippen MR) is 386 cm³/mol. The van der Waals surface area contributed by atoms with Gasteiger partial charge in [0.15, 0.2) is 18.9 Å². The van der Waals surface area contributed by atoms with Gasteiger partial charge in [-0.2, -0.15) is 0 Å². The van der Waals surface area contributed by atoms with Crippen LogP contribution in [0.15, 0.2) is 0 Å². The van der Waals surface area contributed by atoms with Crippen LogP contribution in [0.3, 0.4) is 0 Å². The van der Waals surface area contributed by atoms with Crippen LogP contribution in [0.5, 0.6) is 0 Å². The van der Waals surface area contributed by atoms with E-state index in [0.29, 0.717) is 6.42 Å². The molecule has 3 fully saturated rings. The number of nitrogens with one attached hydrogen (secondary N) is 3. The van der Waals surface area contributed by atoms with Gasteiger partial charge in [-0.25, -0.2) is 27.4 Å². The Morgan fingerprint density at radius 3 is 0.713 bits per heavy atom. The van der Waals surface area contributed by atoms with Crippen LogP contribution in [0, 0.1) is 10.8 Å². The molecule has 3 saturated heterocycles. The standard InChI is InChI=1S/C60H119N3O46P6/c1-41(67)61-47-53(73)50(70)44(34-64)107-56(47)92-28-31-104-113(82,83)101-25-11-22-98-110(76,77)95-19-8-16-89-38-60(37-88-15-7-14-59(4,5)6,39-90-17-9-20-96-111(78,79)99-23-12-26-102-114(84,85)105-32-29-93-57-48(62-42(2)68)54(74)51(71)45(35-65)108-57)40-91-18-10-21-97-112(80,81)100-24-13-27-103-115(86,87)106-33-30-94-58-49(63-43(3)69)55(75)52(72)46(36-66)109-58/h44-58,64-66,70-75H,7-40H2,1-6H3,(H,61,67)(H,62,68)(H,63,69)(H,76,77)(H,78,79)(H,80,81)(H,82,83)(H,84,85)(H,86,87)/t44-,45-,46-,47-,48-,49-,50+,51+,52+,53-,54-,55-,56-,57-,58-/m1/s1. The average Bonchev–Trinajstić information content (AvgIpc) is 0.820. The zero-order valence-corrected chi connectivity index (χ0v) is 70.1. The first-order valence-corrected chi connectivity index (χ1v) is 45.4. The number of hydrogen-bond donors (Lipinski definition) is 18. The molecule has 0 bridgehead atoms. The third kappa shape index (κ3) is 45.5. The number of amides is 3. The Balaban J connectivity index is 1.54. The molecule has 55 heteroatoms. The van der Waals surface area contributed by atoms with Crippen molar-refractivity contribution in [1.29, 1.82) is 0 Å². The van der Waals surface area contributed by atoms with Crippen LogP contribution in [0.1, 0.15) is 92.9 Å². The highest BCUT2D eigenvalue weighted by molar-refractivity contribution is 7.48. The number of carbonyl (C=O) groups is 3. The summed E-state index contributed by atoms with van der Waals surface area (Å²) in [7, 11) is -28.4. The molecular formula is C60H119N3O46P6. The second kappa shape index (κ2) is 54.8. The van der Waals surface area contributed by atoms with Crippen LogP contribution in [0.25, 0.3) is 0 Å². The Morgan fingerprint density at radius 2 is 0.513 bits per heavy atom. The maximum atomic E-state index is 12.8. The molecule has 0 saturated carbocycles. The van der Waals surface area contributed by atoms with Crippen LogP contribution in [0.2, 0.25) is 0 Å². The normalized spacial score (nSPS) is 27.9. The molecule has 0 aromatic carbocycles. The maximum absolute atomic E-state index is 12.8. The molecule has 3 rings (SSSR count). The minimum Gasteiger partial charge on any atom is -0.394 e. The number of ether oxygens (including phenoxy) is 10. The Bertz CT molecular complexity index is 2760. The summed E-state index contributed by atoms with van der Waals surface area (Å²) in [5, 5.41) is 97.4. The molecule has 3 amide bonds. The van der Waals surface area contributed by atoms with Crippen LogP contribution in [-0.4, -0.2) is 357 Å². The zero-order chi connectivity index (χ0) is 86.1. The van der Waals surface area contributed by atoms with E-state index in [4.69, 9.17) is 102 Å². The quantitative estimate of drug-likeness (QED) is 0.0229. The van der Waals surface area contributed by atoms with Crippen molar-refractivity contribution in [3.8, 4) is 0 Å². The second-order valence-electron chi connectivity index (χ2n) is 27.2. The van der Waals surface area contributed by atoms with Gasteiger partial charge in [-0.15, -0.1) is 0 Å². The summed E-state index contributed by atoms with van der Waals surface area (Å²) in [6.07, 6.45) is -16.9. The van der Waals surface area contributed by atoms with Crippen molar-refractivity contribution >= 4 is 64.7 Å². The van der Waals surface area contributed by atoms with Crippen LogP contribution < -0.4 is 16.0 Å². The number of phosphoric ester groups is 6. The minimum atomic E-state index is -4.75. The first-order valence-electron chi connectivity index (χ1n) is 36.5. The van der Waals surface area contributed by atoms with Gasteiger partial charge in [-0.05, 0) is 56.8 Å². The van der Waals surface area contributed by atoms with Crippen molar-refractivity contribution in [1.82, 2.24) is 16.0 Å². The van der Waals surface area contributed by atoms with E-state index in [-0.39, 0.29) is 96.8 Å². The van der Waals surface area contributed by atoms with E-state index in [0.717, 1.165) is 27.2 Å². The third-order valence-corrected chi connectivity index (χ3v) is 22.0. The van der Waals surface area contributed by atoms with Gasteiger partial charge in [-0.3, -0.25) is 68.7 Å². The first-order chi connectivity index (χ1) is 53.9. The largest absolute Gasteiger partial charge is 0.472 e. The highest BCUT2D eigenvalue weighted by Crippen LogP contribution is 2.48. The Kier molecular flexibility index (Phi) is 51.2. The van der Waals surface area contributed by atoms with Crippen molar-refractivity contribution in [2.24, 2.45) is 10.8 Å². The van der Waals surface area contributed by atoms with Crippen molar-refractivity contribution in [3.63, 3.8) is 0 Å². The lowest BCUT2D eigenvalue weighted by Gasteiger charge is -2.42. The van der Waals surface area contributed by atoms with Gasteiger partial charge < -0.3 is 139 Å². The molecule has 680 valence electrons. The summed E-state index contributed by atoms with van der Waals surface area (Å²) in [4.78, 5) is 96.5. The van der Waals surface area contributed by atoms with E-state index in [1.807, 2.05) is 20.8 Å². The van der Waals surface area contributed by atoms with Crippen LogP contribution >= 0.6 is 46.9 Å². The fourth-order valence-electron chi connectivity index (χ4n) is 10.4. The lowest BCUT2D eigenvalue weighted by atomic mass is 9.90. The molecule has 49 nitrogen and oxygen atoms in total. The zero-order valence-electron chi connectivity index (χ0n) is 64.7. The fourth-order valence-corrected chi connectivity index (χ4v) is 15.0. The van der Waals surface area contributed by atoms with Crippen LogP contribution in [0.4, 0.5) is 0 Å². The minimum absolute atomic E-state index is 0.00519. The monoisotopic (exact) mass is 1800 g/mol. The first kappa shape index (κ1) is 107. The van der Waals surface area contributed by atoms with Gasteiger partial charge in [0.05, 0.1) is 151 Å². The molecule has 3 aliphatic heterocycles. The van der Waals surface area contributed by atoms with Gasteiger partial charge in [0, 0.05) is 47.2 Å². The number of aliphatic hydroxyl groups excluding tert-OH is 9. The van der Waals surface area contributed by atoms with Gasteiger partial charge in [0.25, 0.3) is 0 Å². The van der Waals surface area contributed by atoms with Crippen molar-refractivity contribution < 1.29 is 219 Å². The van der Waals surface area contributed by atoms with Gasteiger partial charge in [0.1, 0.15) is 73.1 Å². The molecule has 115 heavy (non-hydrogen) atoms. The predicted octanol–water partition coefficient (Wildman–Crippen LogP) is -2.11. The van der Waals surface area contributed by atoms with E-state index in [9.17, 15) is 117 Å². The topological polar surface area (TPSA) is 696 Å². The van der Waals surface area contributed by atoms with E-state index >= 15 is 0 Å². The Hall–Kier alpha value is -1.69. The Morgan fingerprint density at radius 1 is 0.313 bits per heavy atom. The van der Waals surface area contributed by atoms with E-state index in [1.165, 1.54) is 0 Å². The second-order valence-corrected chi connectivity index (χ2v) is 35.9. The number of hydrogen-bond acceptors (Lipinski definition) is 40. The molecule has 6 unspecified atom stereocenters. The molecule has 18 N–H and O–H groups in total. The summed E-state index contributed by atoms with van der Waals surface area (Å²) in [5.74, 6) is -1.83. The molecule has 0 spiro atoms. The highest BCUT2D eigenvalue weighted by Gasteiger charge is 2.49. The van der Waals surface area contributed by atoms with E-state index < -0.39 is 281 Å². The van der Waals surface area contributed by atoms with Gasteiger partial charge >= 0.3 is 46.9 Å². The third-order valence-electron chi connectivity index (χ3n) is 15.9. The lowest BCUT2D eigenvalue weighted by molar-refractivity contribution is -0.271. The van der Waals surface area contributed by atoms with Crippen molar-refractivity contribution in [3.05, 3.63) is 0 Å². The SMILES string of the molecule is CC(=O)N[C@H]1[C@H](OCCOP(=O)(O)OCCCOP(=O)(O)OCCCOCC(COCCCOP(=O)(O)OCCCOP(=O)(O)OCCO[C@@H]2O[C@H](CO)[C@H](O)[C@H](O)[C@H]2NC(C)=O)(COCCCOP(=O)(O)OCCCOP(=O)(O)OCCO[C@@H]2O[C@H](CO)[C@H](O)[C@H](O)[C@H]2NC(C)=O)COCCCC(C)(C)C)O[C@H](CO)[C@H](O)[C@@H]1O. The summed E-state index contributed by atoms with van der Waals surface area (Å²) >= 11 is 0. The summed E-state index contributed by atoms with van der Waals surface area (Å²) in [6.45, 7) is -0.639. The van der Waals surface area contributed by atoms with Gasteiger partial charge in [-0.1, -0.05) is 20.8 Å². The smallest absolute Gasteiger partial charge is 0.394 e. The van der Waals surface area contributed by atoms with Crippen molar-refractivity contribution in [2.75, 3.05) is 172 Å². The maximum Gasteiger partial charge on any atom is 0.472 e. The number of rotatable bonds is 65. The van der Waals surface area contributed by atoms with E-state index in [1.54, 1.807) is 0 Å². The number of carbonyl (C=O) groups excluding carboxylic acids is 3. The summed E-state index contributed by atoms with van der Waals surface area (Å²) < 4.78 is 192. The average molecular weight is 1800 g/mol. The Labute approximate surface area is 664 Å². The highest BCUT2D eigenvalue weighted by atomic mass is 31.2. The van der Waals surface area contributed by atoms with Crippen LogP contribution in [-0.2, 0) is 143 Å². The van der Waals surface area contributed by atoms with Gasteiger partial charge in [0.2, 0.25) is 17.7 Å². The number of phosphoric acid groups is 6. The molecule has 0 aromatic rings. The molecule has 0 aromatic heterocycles. The number of aliphatic hydroxyl groups is 9. The molecule has 3 heterocycles.